The van der Waals surface area contributed by atoms with E-state index in [1.54, 1.807) is 0 Å². The molecule has 2 rings (SSSR count). The second-order valence-corrected chi connectivity index (χ2v) is 4.39. The number of aliphatic carboxylic acids is 1. The summed E-state index contributed by atoms with van der Waals surface area (Å²) in [5.41, 5.74) is -0.330. The van der Waals surface area contributed by atoms with Crippen LogP contribution >= 0.6 is 0 Å². The maximum Gasteiger partial charge on any atom is 0.309 e. The Labute approximate surface area is 73.0 Å². The third kappa shape index (κ3) is 0.838. The van der Waals surface area contributed by atoms with Crippen LogP contribution in [-0.2, 0) is 4.79 Å². The van der Waals surface area contributed by atoms with Gasteiger partial charge in [-0.3, -0.25) is 4.79 Å². The van der Waals surface area contributed by atoms with Gasteiger partial charge in [-0.25, -0.2) is 0 Å². The molecule has 68 valence electrons. The predicted molar refractivity (Wildman–Crippen MR) is 45.8 cm³/mol. The van der Waals surface area contributed by atoms with E-state index < -0.39 is 5.97 Å². The second-order valence-electron chi connectivity index (χ2n) is 4.39. The van der Waals surface area contributed by atoms with E-state index >= 15 is 0 Å². The molecule has 0 amide bonds. The molecule has 0 aliphatic heterocycles. The zero-order valence-electron chi connectivity index (χ0n) is 7.55. The number of rotatable bonds is 2. The first-order valence-corrected chi connectivity index (χ1v) is 4.92. The zero-order chi connectivity index (χ0) is 8.77. The van der Waals surface area contributed by atoms with E-state index in [9.17, 15) is 9.90 Å². The first-order valence-electron chi connectivity index (χ1n) is 4.92. The van der Waals surface area contributed by atoms with Crippen molar-refractivity contribution in [2.75, 3.05) is 0 Å². The minimum absolute atomic E-state index is 0.330. The Bertz CT molecular complexity index is 212. The van der Waals surface area contributed by atoms with Crippen LogP contribution in [0.2, 0.25) is 0 Å². The summed E-state index contributed by atoms with van der Waals surface area (Å²) in [5.74, 6) is 0.674. The minimum atomic E-state index is -0.544. The summed E-state index contributed by atoms with van der Waals surface area (Å²) in [6, 6.07) is 0. The van der Waals surface area contributed by atoms with E-state index in [4.69, 9.17) is 0 Å². The molecule has 2 nitrogen and oxygen atoms in total. The van der Waals surface area contributed by atoms with Gasteiger partial charge in [0.1, 0.15) is 0 Å². The molecule has 2 heteroatoms. The number of carboxylic acids is 1. The lowest BCUT2D eigenvalue weighted by atomic mass is 9.71. The van der Waals surface area contributed by atoms with E-state index in [0.717, 1.165) is 25.2 Å². The molecule has 2 fully saturated rings. The lowest BCUT2D eigenvalue weighted by molar-refractivity contribution is -0.152. The van der Waals surface area contributed by atoms with Crippen LogP contribution in [0.3, 0.4) is 0 Å². The van der Waals surface area contributed by atoms with E-state index in [0.29, 0.717) is 5.92 Å². The highest BCUT2D eigenvalue weighted by molar-refractivity contribution is 5.75. The van der Waals surface area contributed by atoms with Gasteiger partial charge in [0.05, 0.1) is 5.41 Å². The number of hydrogen-bond donors (Lipinski definition) is 1. The van der Waals surface area contributed by atoms with Crippen molar-refractivity contribution in [1.29, 1.82) is 0 Å². The van der Waals surface area contributed by atoms with Gasteiger partial charge in [0.15, 0.2) is 0 Å². The van der Waals surface area contributed by atoms with Crippen molar-refractivity contribution in [2.45, 2.75) is 39.0 Å². The molecule has 1 N–H and O–H groups in total. The van der Waals surface area contributed by atoms with Crippen LogP contribution < -0.4 is 0 Å². The molecule has 0 aromatic heterocycles. The summed E-state index contributed by atoms with van der Waals surface area (Å²) in [4.78, 5) is 11.1. The smallest absolute Gasteiger partial charge is 0.309 e. The van der Waals surface area contributed by atoms with Gasteiger partial charge in [-0.2, -0.15) is 0 Å². The first kappa shape index (κ1) is 8.09. The van der Waals surface area contributed by atoms with Crippen molar-refractivity contribution in [3.63, 3.8) is 0 Å². The molecule has 0 aromatic rings. The fourth-order valence-electron chi connectivity index (χ4n) is 3.29. The van der Waals surface area contributed by atoms with Crippen LogP contribution in [0.15, 0.2) is 0 Å². The molecule has 2 aliphatic carbocycles. The van der Waals surface area contributed by atoms with Crippen molar-refractivity contribution in [3.8, 4) is 0 Å². The van der Waals surface area contributed by atoms with E-state index in [2.05, 4.69) is 0 Å². The van der Waals surface area contributed by atoms with Gasteiger partial charge in [0.2, 0.25) is 0 Å². The van der Waals surface area contributed by atoms with Gasteiger partial charge in [-0.1, -0.05) is 13.3 Å². The number of carboxylic acid groups (broad SMARTS) is 1. The highest BCUT2D eigenvalue weighted by Crippen LogP contribution is 2.57. The highest BCUT2D eigenvalue weighted by atomic mass is 16.4. The fourth-order valence-corrected chi connectivity index (χ4v) is 3.29. The lowest BCUT2D eigenvalue weighted by Crippen LogP contribution is -2.35. The first-order chi connectivity index (χ1) is 5.69. The van der Waals surface area contributed by atoms with Crippen LogP contribution in [0.1, 0.15) is 39.0 Å². The molecule has 12 heavy (non-hydrogen) atoms. The van der Waals surface area contributed by atoms with E-state index in [-0.39, 0.29) is 5.41 Å². The van der Waals surface area contributed by atoms with Crippen LogP contribution in [0.25, 0.3) is 0 Å². The Morgan fingerprint density at radius 3 is 2.58 bits per heavy atom. The predicted octanol–water partition coefficient (Wildman–Crippen LogP) is 2.29. The molecule has 0 saturated heterocycles. The molecule has 0 aromatic carbocycles. The van der Waals surface area contributed by atoms with Crippen molar-refractivity contribution in [1.82, 2.24) is 0 Å². The maximum absolute atomic E-state index is 11.1. The third-order valence-electron chi connectivity index (χ3n) is 4.03. The zero-order valence-corrected chi connectivity index (χ0v) is 7.55. The highest BCUT2D eigenvalue weighted by Gasteiger charge is 2.54. The summed E-state index contributed by atoms with van der Waals surface area (Å²) < 4.78 is 0. The summed E-state index contributed by atoms with van der Waals surface area (Å²) in [7, 11) is 0. The number of carbonyl (C=O) groups is 1. The van der Waals surface area contributed by atoms with Gasteiger partial charge < -0.3 is 5.11 Å². The van der Waals surface area contributed by atoms with Crippen LogP contribution in [0.4, 0.5) is 0 Å². The molecule has 3 atom stereocenters. The molecule has 2 bridgehead atoms. The average molecular weight is 168 g/mol. The van der Waals surface area contributed by atoms with E-state index in [1.165, 1.54) is 12.8 Å². The third-order valence-corrected chi connectivity index (χ3v) is 4.03. The Morgan fingerprint density at radius 2 is 2.33 bits per heavy atom. The quantitative estimate of drug-likeness (QED) is 0.686. The van der Waals surface area contributed by atoms with Gasteiger partial charge >= 0.3 is 5.97 Å². The summed E-state index contributed by atoms with van der Waals surface area (Å²) >= 11 is 0. The van der Waals surface area contributed by atoms with Crippen molar-refractivity contribution < 1.29 is 9.90 Å². The summed E-state index contributed by atoms with van der Waals surface area (Å²) in [6.45, 7) is 2.02. The maximum atomic E-state index is 11.1. The van der Waals surface area contributed by atoms with Gasteiger partial charge in [-0.05, 0) is 37.5 Å². The lowest BCUT2D eigenvalue weighted by Gasteiger charge is -2.32. The van der Waals surface area contributed by atoms with Crippen LogP contribution in [-0.4, -0.2) is 11.1 Å². The van der Waals surface area contributed by atoms with E-state index in [1.807, 2.05) is 6.92 Å². The topological polar surface area (TPSA) is 37.3 Å². The fraction of sp³-hybridized carbons (Fsp3) is 0.900. The number of hydrogen-bond acceptors (Lipinski definition) is 1. The Kier molecular flexibility index (Phi) is 1.67. The Morgan fingerprint density at radius 1 is 1.58 bits per heavy atom. The molecule has 2 aliphatic rings. The monoisotopic (exact) mass is 168 g/mol. The van der Waals surface area contributed by atoms with Crippen LogP contribution in [0, 0.1) is 17.3 Å². The molecule has 2 saturated carbocycles. The molecule has 0 radical (unpaired) electrons. The summed E-state index contributed by atoms with van der Waals surface area (Å²) in [6.07, 6.45) is 5.39. The van der Waals surface area contributed by atoms with Gasteiger partial charge in [0.25, 0.3) is 0 Å². The molecule has 3 unspecified atom stereocenters. The average Bonchev–Trinajstić information content (AvgIpc) is 2.62. The SMILES string of the molecule is CCC1(C(=O)O)CC2CCC1C2. The number of fused-ring (bicyclic) bond motifs is 2. The van der Waals surface area contributed by atoms with Gasteiger partial charge in [0, 0.05) is 0 Å². The van der Waals surface area contributed by atoms with Crippen LogP contribution in [0.5, 0.6) is 0 Å². The Hall–Kier alpha value is -0.530. The normalized spacial score (nSPS) is 45.1. The van der Waals surface area contributed by atoms with Crippen molar-refractivity contribution in [3.05, 3.63) is 0 Å². The second kappa shape index (κ2) is 2.48. The Balaban J connectivity index is 2.25. The van der Waals surface area contributed by atoms with Crippen molar-refractivity contribution in [2.24, 2.45) is 17.3 Å². The molecule has 0 spiro atoms. The van der Waals surface area contributed by atoms with Crippen molar-refractivity contribution >= 4 is 5.97 Å². The molecular weight excluding hydrogens is 152 g/mol. The standard InChI is InChI=1S/C10H16O2/c1-2-10(9(11)12)6-7-3-4-8(10)5-7/h7-8H,2-6H2,1H3,(H,11,12). The minimum Gasteiger partial charge on any atom is -0.481 e. The van der Waals surface area contributed by atoms with Gasteiger partial charge in [-0.15, -0.1) is 0 Å². The molecule has 0 heterocycles. The largest absolute Gasteiger partial charge is 0.481 e. The summed E-state index contributed by atoms with van der Waals surface area (Å²) in [5, 5.41) is 9.19. The molecular formula is C10H16O2.